The van der Waals surface area contributed by atoms with Gasteiger partial charge < -0.3 is 9.47 Å². The lowest BCUT2D eigenvalue weighted by Gasteiger charge is -2.18. The number of aromatic nitrogens is 2. The summed E-state index contributed by atoms with van der Waals surface area (Å²) in [6, 6.07) is 10.2. The number of carbonyl (C=O) groups is 1. The highest BCUT2D eigenvalue weighted by atomic mass is 19.4. The second-order valence-electron chi connectivity index (χ2n) is 7.28. The Balaban J connectivity index is 1.80. The molecule has 2 aromatic carbocycles. The van der Waals surface area contributed by atoms with Gasteiger partial charge in [-0.3, -0.25) is 9.89 Å². The molecule has 5 nitrogen and oxygen atoms in total. The Morgan fingerprint density at radius 3 is 2.39 bits per heavy atom. The van der Waals surface area contributed by atoms with Crippen LogP contribution in [0.3, 0.4) is 0 Å². The molecule has 3 rings (SSSR count). The van der Waals surface area contributed by atoms with Crippen LogP contribution in [0.15, 0.2) is 48.7 Å². The molecule has 1 N–H and O–H groups in total. The Morgan fingerprint density at radius 1 is 1.13 bits per heavy atom. The van der Waals surface area contributed by atoms with E-state index in [-0.39, 0.29) is 18.3 Å². The molecule has 164 valence electrons. The van der Waals surface area contributed by atoms with Crippen molar-refractivity contribution in [3.63, 3.8) is 0 Å². The van der Waals surface area contributed by atoms with Crippen molar-refractivity contribution < 1.29 is 27.4 Å². The molecule has 0 saturated heterocycles. The molecule has 0 aliphatic rings. The third-order valence-corrected chi connectivity index (χ3v) is 5.00. The Hall–Kier alpha value is -3.29. The summed E-state index contributed by atoms with van der Waals surface area (Å²) in [5, 5.41) is 6.98. The number of aromatic amines is 1. The first kappa shape index (κ1) is 22.4. The number of hydrogen-bond acceptors (Lipinski definition) is 4. The second-order valence-corrected chi connectivity index (χ2v) is 7.28. The summed E-state index contributed by atoms with van der Waals surface area (Å²) in [4.78, 5) is 11.8. The number of alkyl halides is 3. The lowest BCUT2D eigenvalue weighted by atomic mass is 9.87. The predicted octanol–water partition coefficient (Wildman–Crippen LogP) is 5.44. The fourth-order valence-corrected chi connectivity index (χ4v) is 3.39. The van der Waals surface area contributed by atoms with Gasteiger partial charge in [-0.05, 0) is 49.2 Å². The van der Waals surface area contributed by atoms with Crippen molar-refractivity contribution >= 4 is 5.78 Å². The first-order valence-corrected chi connectivity index (χ1v) is 9.65. The molecule has 0 amide bonds. The smallest absolute Gasteiger partial charge is 0.416 e. The summed E-state index contributed by atoms with van der Waals surface area (Å²) in [7, 11) is 1.51. The number of aryl methyl sites for hydroxylation is 1. The van der Waals surface area contributed by atoms with Crippen LogP contribution in [-0.4, -0.2) is 23.1 Å². The molecule has 0 bridgehead atoms. The molecular formula is C23H23F3N2O3. The molecule has 8 heteroatoms. The average Bonchev–Trinajstić information content (AvgIpc) is 3.15. The number of halogens is 3. The first-order chi connectivity index (χ1) is 14.7. The molecule has 0 fully saturated rings. The van der Waals surface area contributed by atoms with E-state index in [2.05, 4.69) is 10.2 Å². The maximum absolute atomic E-state index is 12.7. The van der Waals surface area contributed by atoms with Crippen molar-refractivity contribution in [2.45, 2.75) is 39.0 Å². The number of carbonyl (C=O) groups excluding carboxylic acids is 1. The summed E-state index contributed by atoms with van der Waals surface area (Å²) in [6.45, 7) is 3.50. The molecule has 0 aliphatic carbocycles. The molecule has 0 radical (unpaired) electrons. The number of ether oxygens (including phenoxy) is 2. The third kappa shape index (κ3) is 5.45. The van der Waals surface area contributed by atoms with E-state index in [4.69, 9.17) is 9.47 Å². The van der Waals surface area contributed by atoms with E-state index in [1.54, 1.807) is 19.2 Å². The molecule has 0 saturated carbocycles. The van der Waals surface area contributed by atoms with Crippen LogP contribution < -0.4 is 9.47 Å². The van der Waals surface area contributed by atoms with Crippen LogP contribution >= 0.6 is 0 Å². The minimum absolute atomic E-state index is 0.0483. The van der Waals surface area contributed by atoms with Crippen molar-refractivity contribution in [1.82, 2.24) is 10.2 Å². The lowest BCUT2D eigenvalue weighted by Crippen LogP contribution is -2.08. The normalized spacial score (nSPS) is 12.5. The Labute approximate surface area is 178 Å². The molecule has 1 atom stereocenters. The van der Waals surface area contributed by atoms with Crippen molar-refractivity contribution in [2.24, 2.45) is 0 Å². The molecular weight excluding hydrogens is 409 g/mol. The van der Waals surface area contributed by atoms with E-state index >= 15 is 0 Å². The van der Waals surface area contributed by atoms with Crippen molar-refractivity contribution in [3.8, 4) is 11.5 Å². The van der Waals surface area contributed by atoms with Crippen molar-refractivity contribution in [3.05, 3.63) is 76.6 Å². The van der Waals surface area contributed by atoms with Gasteiger partial charge in [0.15, 0.2) is 11.5 Å². The Kier molecular flexibility index (Phi) is 6.68. The van der Waals surface area contributed by atoms with Crippen molar-refractivity contribution in [2.75, 3.05) is 7.11 Å². The predicted molar refractivity (Wildman–Crippen MR) is 109 cm³/mol. The van der Waals surface area contributed by atoms with Crippen LogP contribution in [0, 0.1) is 6.92 Å². The number of methoxy groups -OCH3 is 1. The maximum Gasteiger partial charge on any atom is 0.416 e. The van der Waals surface area contributed by atoms with Gasteiger partial charge in [0.25, 0.3) is 0 Å². The van der Waals surface area contributed by atoms with Gasteiger partial charge in [0.05, 0.1) is 18.4 Å². The highest BCUT2D eigenvalue weighted by Crippen LogP contribution is 2.36. The van der Waals surface area contributed by atoms with Gasteiger partial charge >= 0.3 is 6.18 Å². The zero-order chi connectivity index (χ0) is 22.6. The van der Waals surface area contributed by atoms with Crippen LogP contribution in [0.1, 0.15) is 47.2 Å². The summed E-state index contributed by atoms with van der Waals surface area (Å²) < 4.78 is 49.3. The van der Waals surface area contributed by atoms with E-state index in [1.807, 2.05) is 19.1 Å². The highest BCUT2D eigenvalue weighted by Gasteiger charge is 2.30. The zero-order valence-electron chi connectivity index (χ0n) is 17.4. The van der Waals surface area contributed by atoms with E-state index < -0.39 is 11.7 Å². The Morgan fingerprint density at radius 2 is 1.84 bits per heavy atom. The van der Waals surface area contributed by atoms with E-state index in [9.17, 15) is 18.0 Å². The minimum atomic E-state index is -4.37. The minimum Gasteiger partial charge on any atom is -0.493 e. The number of Topliss-reactive ketones (excluding diaryl/α,β-unsaturated/α-hetero) is 1. The lowest BCUT2D eigenvalue weighted by molar-refractivity contribution is -0.137. The summed E-state index contributed by atoms with van der Waals surface area (Å²) in [5.41, 5.74) is 2.51. The second kappa shape index (κ2) is 9.24. The topological polar surface area (TPSA) is 64.2 Å². The molecule has 0 aliphatic heterocycles. The quantitative estimate of drug-likeness (QED) is 0.515. The molecule has 0 spiro atoms. The van der Waals surface area contributed by atoms with Gasteiger partial charge in [0.1, 0.15) is 12.4 Å². The monoisotopic (exact) mass is 432 g/mol. The van der Waals surface area contributed by atoms with Crippen LogP contribution in [0.5, 0.6) is 11.5 Å². The van der Waals surface area contributed by atoms with Gasteiger partial charge in [-0.2, -0.15) is 18.3 Å². The first-order valence-electron chi connectivity index (χ1n) is 9.65. The zero-order valence-corrected chi connectivity index (χ0v) is 17.4. The summed E-state index contributed by atoms with van der Waals surface area (Å²) >= 11 is 0. The molecule has 1 unspecified atom stereocenters. The van der Waals surface area contributed by atoms with Gasteiger partial charge in [-0.1, -0.05) is 18.2 Å². The Bertz CT molecular complexity index is 1040. The summed E-state index contributed by atoms with van der Waals surface area (Å²) in [5.74, 6) is 0.789. The maximum atomic E-state index is 12.7. The average molecular weight is 432 g/mol. The van der Waals surface area contributed by atoms with Gasteiger partial charge in [-0.15, -0.1) is 0 Å². The number of H-pyrrole nitrogens is 1. The largest absolute Gasteiger partial charge is 0.493 e. The molecule has 1 aromatic heterocycles. The van der Waals surface area contributed by atoms with Crippen LogP contribution in [0.2, 0.25) is 0 Å². The number of nitrogens with zero attached hydrogens (tertiary/aromatic N) is 1. The fourth-order valence-electron chi connectivity index (χ4n) is 3.39. The van der Waals surface area contributed by atoms with E-state index in [0.717, 1.165) is 29.0 Å². The van der Waals surface area contributed by atoms with Gasteiger partial charge in [-0.25, -0.2) is 0 Å². The number of hydrogen-bond donors (Lipinski definition) is 1. The number of ketones is 1. The van der Waals surface area contributed by atoms with Crippen molar-refractivity contribution in [1.29, 1.82) is 0 Å². The highest BCUT2D eigenvalue weighted by molar-refractivity contribution is 5.77. The standard InChI is InChI=1S/C23H23F3N2O3/c1-14(29)10-19(20-12-27-28-15(20)2)17-6-9-21(22(11-17)30-3)31-13-16-4-7-18(8-5-16)23(24,25)26/h4-9,11-12,19H,10,13H2,1-3H3,(H,27,28). The molecule has 1 heterocycles. The van der Waals surface area contributed by atoms with Crippen LogP contribution in [0.4, 0.5) is 13.2 Å². The SMILES string of the molecule is COc1cc(C(CC(C)=O)c2c[nH]nc2C)ccc1OCc1ccc(C(F)(F)F)cc1. The van der Waals surface area contributed by atoms with Crippen LogP contribution in [-0.2, 0) is 17.6 Å². The van der Waals surface area contributed by atoms with Gasteiger partial charge in [0.2, 0.25) is 0 Å². The number of nitrogens with one attached hydrogen (secondary N) is 1. The third-order valence-electron chi connectivity index (χ3n) is 5.00. The van der Waals surface area contributed by atoms with Crippen LogP contribution in [0.25, 0.3) is 0 Å². The number of benzene rings is 2. The van der Waals surface area contributed by atoms with Gasteiger partial charge in [0, 0.05) is 24.1 Å². The molecule has 31 heavy (non-hydrogen) atoms. The fraction of sp³-hybridized carbons (Fsp3) is 0.304. The number of rotatable bonds is 8. The van der Waals surface area contributed by atoms with E-state index in [1.165, 1.54) is 19.2 Å². The van der Waals surface area contributed by atoms with E-state index in [0.29, 0.717) is 23.5 Å². The molecule has 3 aromatic rings. The summed E-state index contributed by atoms with van der Waals surface area (Å²) in [6.07, 6.45) is -2.28.